The predicted octanol–water partition coefficient (Wildman–Crippen LogP) is 5.19. The summed E-state index contributed by atoms with van der Waals surface area (Å²) in [6.07, 6.45) is 2.33. The van der Waals surface area contributed by atoms with Crippen LogP contribution in [0.5, 0.6) is 11.5 Å². The summed E-state index contributed by atoms with van der Waals surface area (Å²) >= 11 is 6.23. The lowest BCUT2D eigenvalue weighted by atomic mass is 10.1. The number of nitrogens with one attached hydrogen (secondary N) is 1. The van der Waals surface area contributed by atoms with Gasteiger partial charge in [-0.15, -0.1) is 0 Å². The van der Waals surface area contributed by atoms with Crippen molar-refractivity contribution in [3.63, 3.8) is 0 Å². The van der Waals surface area contributed by atoms with Gasteiger partial charge in [-0.25, -0.2) is 4.79 Å². The van der Waals surface area contributed by atoms with Crippen LogP contribution in [0.3, 0.4) is 0 Å². The molecule has 0 heterocycles. The van der Waals surface area contributed by atoms with Gasteiger partial charge in [0, 0.05) is 18.7 Å². The molecule has 1 N–H and O–H groups in total. The zero-order valence-corrected chi connectivity index (χ0v) is 16.6. The fourth-order valence-electron chi connectivity index (χ4n) is 3.16. The maximum Gasteiger partial charge on any atom is 0.322 e. The van der Waals surface area contributed by atoms with E-state index in [-0.39, 0.29) is 12.1 Å². The molecule has 0 saturated heterocycles. The number of nitrogens with zero attached hydrogens (tertiary/aromatic N) is 1. The van der Waals surface area contributed by atoms with Gasteiger partial charge in [0.2, 0.25) is 0 Å². The molecule has 144 valence electrons. The van der Waals surface area contributed by atoms with Crippen LogP contribution in [0.4, 0.5) is 10.5 Å². The maximum absolute atomic E-state index is 13.1. The Morgan fingerprint density at radius 1 is 1.19 bits per heavy atom. The lowest BCUT2D eigenvalue weighted by Gasteiger charge is -2.30. The summed E-state index contributed by atoms with van der Waals surface area (Å²) in [5.74, 6) is 1.56. The number of rotatable bonds is 7. The van der Waals surface area contributed by atoms with E-state index < -0.39 is 0 Å². The Labute approximate surface area is 165 Å². The van der Waals surface area contributed by atoms with Gasteiger partial charge in [0.25, 0.3) is 0 Å². The molecule has 2 aromatic rings. The molecule has 2 amide bonds. The minimum absolute atomic E-state index is 0.157. The van der Waals surface area contributed by atoms with E-state index in [1.807, 2.05) is 35.2 Å². The van der Waals surface area contributed by atoms with Crippen molar-refractivity contribution in [3.05, 3.63) is 53.1 Å². The average molecular weight is 389 g/mol. The maximum atomic E-state index is 13.1. The smallest absolute Gasteiger partial charge is 0.322 e. The Bertz CT molecular complexity index is 794. The molecule has 6 heteroatoms. The Morgan fingerprint density at radius 2 is 1.85 bits per heavy atom. The minimum Gasteiger partial charge on any atom is -0.495 e. The van der Waals surface area contributed by atoms with Crippen LogP contribution in [-0.4, -0.2) is 31.2 Å². The van der Waals surface area contributed by atoms with Crippen molar-refractivity contribution in [1.29, 1.82) is 0 Å². The van der Waals surface area contributed by atoms with Crippen LogP contribution in [0.15, 0.2) is 42.5 Å². The second-order valence-electron chi connectivity index (χ2n) is 6.81. The van der Waals surface area contributed by atoms with Crippen molar-refractivity contribution < 1.29 is 14.3 Å². The summed E-state index contributed by atoms with van der Waals surface area (Å²) < 4.78 is 10.6. The Balaban J connectivity index is 1.83. The van der Waals surface area contributed by atoms with Crippen molar-refractivity contribution >= 4 is 23.3 Å². The highest BCUT2D eigenvalue weighted by Gasteiger charge is 2.34. The number of halogens is 1. The number of carbonyl (C=O) groups excluding carboxylic acids is 1. The molecule has 1 aliphatic rings. The van der Waals surface area contributed by atoms with E-state index >= 15 is 0 Å². The van der Waals surface area contributed by atoms with Crippen LogP contribution in [0.25, 0.3) is 0 Å². The molecule has 0 aromatic heterocycles. The second-order valence-corrected chi connectivity index (χ2v) is 7.22. The lowest BCUT2D eigenvalue weighted by molar-refractivity contribution is 0.180. The molecule has 0 spiro atoms. The van der Waals surface area contributed by atoms with E-state index in [2.05, 4.69) is 12.2 Å². The largest absolute Gasteiger partial charge is 0.495 e. The van der Waals surface area contributed by atoms with Crippen LogP contribution in [-0.2, 0) is 6.54 Å². The van der Waals surface area contributed by atoms with Crippen molar-refractivity contribution in [1.82, 2.24) is 4.90 Å². The molecule has 0 bridgehead atoms. The molecule has 1 saturated carbocycles. The predicted molar refractivity (Wildman–Crippen MR) is 108 cm³/mol. The molecule has 1 fully saturated rings. The highest BCUT2D eigenvalue weighted by Crippen LogP contribution is 2.38. The van der Waals surface area contributed by atoms with Crippen LogP contribution in [0.2, 0.25) is 5.02 Å². The summed E-state index contributed by atoms with van der Waals surface area (Å²) in [5.41, 5.74) is 1.62. The van der Waals surface area contributed by atoms with E-state index in [0.29, 0.717) is 34.7 Å². The first-order valence-corrected chi connectivity index (χ1v) is 9.44. The third-order valence-corrected chi connectivity index (χ3v) is 5.26. The number of ether oxygens (including phenoxy) is 2. The molecular weight excluding hydrogens is 364 g/mol. The van der Waals surface area contributed by atoms with E-state index in [1.54, 1.807) is 19.2 Å². The summed E-state index contributed by atoms with van der Waals surface area (Å²) in [6, 6.07) is 13.3. The van der Waals surface area contributed by atoms with Gasteiger partial charge in [0.05, 0.1) is 24.9 Å². The Kier molecular flexibility index (Phi) is 6.11. The first-order valence-electron chi connectivity index (χ1n) is 9.06. The molecule has 0 radical (unpaired) electrons. The van der Waals surface area contributed by atoms with Crippen LogP contribution in [0, 0.1) is 5.92 Å². The molecule has 1 atom stereocenters. The van der Waals surface area contributed by atoms with Crippen LogP contribution < -0.4 is 14.8 Å². The Hall–Kier alpha value is -2.40. The van der Waals surface area contributed by atoms with Crippen molar-refractivity contribution in [3.8, 4) is 11.5 Å². The molecule has 5 nitrogen and oxygen atoms in total. The van der Waals surface area contributed by atoms with E-state index in [0.717, 1.165) is 18.4 Å². The highest BCUT2D eigenvalue weighted by atomic mass is 35.5. The summed E-state index contributed by atoms with van der Waals surface area (Å²) in [4.78, 5) is 15.0. The van der Waals surface area contributed by atoms with Crippen molar-refractivity contribution in [2.24, 2.45) is 5.92 Å². The van der Waals surface area contributed by atoms with E-state index in [9.17, 15) is 4.79 Å². The summed E-state index contributed by atoms with van der Waals surface area (Å²) in [5, 5.41) is 3.37. The zero-order chi connectivity index (χ0) is 19.4. The van der Waals surface area contributed by atoms with Gasteiger partial charge in [-0.1, -0.05) is 41.9 Å². The fraction of sp³-hybridized carbons (Fsp3) is 0.381. The average Bonchev–Trinajstić information content (AvgIpc) is 3.52. The number of amides is 2. The zero-order valence-electron chi connectivity index (χ0n) is 15.9. The number of hydrogen-bond acceptors (Lipinski definition) is 3. The van der Waals surface area contributed by atoms with Gasteiger partial charge in [-0.3, -0.25) is 0 Å². The van der Waals surface area contributed by atoms with Gasteiger partial charge in [-0.05, 0) is 37.3 Å². The number of benzene rings is 2. The highest BCUT2D eigenvalue weighted by molar-refractivity contribution is 6.32. The minimum atomic E-state index is -0.169. The molecule has 2 aromatic carbocycles. The molecule has 1 aliphatic carbocycles. The molecule has 27 heavy (non-hydrogen) atoms. The monoisotopic (exact) mass is 388 g/mol. The summed E-state index contributed by atoms with van der Waals surface area (Å²) in [7, 11) is 3.09. The van der Waals surface area contributed by atoms with Crippen LogP contribution >= 0.6 is 11.6 Å². The van der Waals surface area contributed by atoms with Gasteiger partial charge in [0.1, 0.15) is 11.5 Å². The molecule has 0 aliphatic heterocycles. The van der Waals surface area contributed by atoms with Gasteiger partial charge >= 0.3 is 6.03 Å². The first kappa shape index (κ1) is 19.4. The van der Waals surface area contributed by atoms with Gasteiger partial charge < -0.3 is 19.7 Å². The fourth-order valence-corrected chi connectivity index (χ4v) is 3.40. The van der Waals surface area contributed by atoms with Gasteiger partial charge in [-0.2, -0.15) is 0 Å². The van der Waals surface area contributed by atoms with Crippen molar-refractivity contribution in [2.75, 3.05) is 19.5 Å². The number of hydrogen-bond donors (Lipinski definition) is 1. The van der Waals surface area contributed by atoms with Crippen molar-refractivity contribution in [2.45, 2.75) is 32.4 Å². The third kappa shape index (κ3) is 4.66. The topological polar surface area (TPSA) is 50.8 Å². The second kappa shape index (κ2) is 8.53. The number of methoxy groups -OCH3 is 2. The normalized spacial score (nSPS) is 14.4. The van der Waals surface area contributed by atoms with Crippen LogP contribution in [0.1, 0.15) is 25.3 Å². The molecule has 3 rings (SSSR count). The number of urea groups is 1. The summed E-state index contributed by atoms with van der Waals surface area (Å²) in [6.45, 7) is 2.66. The standard InChI is InChI=1S/C21H25ClN2O3/c1-14(16-9-10-16)24(13-15-7-5-4-6-8-15)21(25)23-18-11-17(22)19(26-2)12-20(18)27-3/h4-8,11-12,14,16H,9-10,13H2,1-3H3,(H,23,25). The van der Waals surface area contributed by atoms with E-state index in [4.69, 9.17) is 21.1 Å². The molecule has 1 unspecified atom stereocenters. The van der Waals surface area contributed by atoms with Gasteiger partial charge in [0.15, 0.2) is 0 Å². The number of carbonyl (C=O) groups is 1. The molecular formula is C21H25ClN2O3. The third-order valence-electron chi connectivity index (χ3n) is 4.97. The SMILES string of the molecule is COc1cc(OC)c(NC(=O)N(Cc2ccccc2)C(C)C2CC2)cc1Cl. The lowest BCUT2D eigenvalue weighted by Crippen LogP contribution is -2.42. The number of anilines is 1. The Morgan fingerprint density at radius 3 is 2.44 bits per heavy atom. The van der Waals surface area contributed by atoms with E-state index in [1.165, 1.54) is 7.11 Å². The quantitative estimate of drug-likeness (QED) is 0.710. The first-order chi connectivity index (χ1) is 13.0.